The summed E-state index contributed by atoms with van der Waals surface area (Å²) >= 11 is 0. The molecule has 0 atom stereocenters. The number of carbonyl (C=O) groups excluding carboxylic acids is 1. The van der Waals surface area contributed by atoms with Crippen molar-refractivity contribution in [2.75, 3.05) is 20.2 Å². The van der Waals surface area contributed by atoms with Crippen LogP contribution in [0.4, 0.5) is 4.79 Å². The molecule has 0 aromatic rings. The molecule has 0 aromatic carbocycles. The molecule has 0 bridgehead atoms. The van der Waals surface area contributed by atoms with E-state index in [9.17, 15) is 4.79 Å². The molecule has 0 saturated carbocycles. The molecule has 0 N–H and O–H groups in total. The molecule has 1 fully saturated rings. The van der Waals surface area contributed by atoms with Crippen molar-refractivity contribution in [1.29, 1.82) is 0 Å². The van der Waals surface area contributed by atoms with Gasteiger partial charge in [0.05, 0.1) is 7.11 Å². The number of unbranched alkanes of at least 4 members (excludes halogenated alkanes) is 1. The molecule has 0 radical (unpaired) electrons. The van der Waals surface area contributed by atoms with Crippen LogP contribution in [0.1, 0.15) is 40.0 Å². The molecule has 1 rings (SSSR count). The Kier molecular flexibility index (Phi) is 4.00. The first-order valence-corrected chi connectivity index (χ1v) is 5.84. The Bertz CT molecular complexity index is 220. The molecule has 0 aliphatic carbocycles. The van der Waals surface area contributed by atoms with Crippen molar-refractivity contribution < 1.29 is 9.53 Å². The molecule has 3 heteroatoms. The Morgan fingerprint density at radius 3 is 2.53 bits per heavy atom. The summed E-state index contributed by atoms with van der Waals surface area (Å²) in [6, 6.07) is 0. The van der Waals surface area contributed by atoms with Crippen LogP contribution < -0.4 is 0 Å². The Labute approximate surface area is 92.8 Å². The molecule has 3 nitrogen and oxygen atoms in total. The van der Waals surface area contributed by atoms with Gasteiger partial charge in [-0.1, -0.05) is 33.6 Å². The van der Waals surface area contributed by atoms with Gasteiger partial charge in [0.2, 0.25) is 0 Å². The average molecular weight is 213 g/mol. The van der Waals surface area contributed by atoms with Crippen LogP contribution in [-0.4, -0.2) is 31.2 Å². The van der Waals surface area contributed by atoms with Crippen molar-refractivity contribution in [3.05, 3.63) is 0 Å². The number of methoxy groups -OCH3 is 1. The number of nitrogens with zero attached hydrogens (tertiary/aromatic N) is 1. The van der Waals surface area contributed by atoms with Crippen LogP contribution in [0.3, 0.4) is 0 Å². The fourth-order valence-electron chi connectivity index (χ4n) is 2.09. The summed E-state index contributed by atoms with van der Waals surface area (Å²) in [6.45, 7) is 8.56. The average Bonchev–Trinajstić information content (AvgIpc) is 2.11. The first-order chi connectivity index (χ1) is 7.01. The Balaban J connectivity index is 2.33. The predicted molar refractivity (Wildman–Crippen MR) is 60.8 cm³/mol. The van der Waals surface area contributed by atoms with Gasteiger partial charge in [-0.05, 0) is 17.8 Å². The Morgan fingerprint density at radius 2 is 2.07 bits per heavy atom. The lowest BCUT2D eigenvalue weighted by Gasteiger charge is -2.47. The number of likely N-dealkylation sites (tertiary alicyclic amines) is 1. The van der Waals surface area contributed by atoms with Gasteiger partial charge in [-0.25, -0.2) is 4.79 Å². The van der Waals surface area contributed by atoms with Gasteiger partial charge in [-0.15, -0.1) is 0 Å². The van der Waals surface area contributed by atoms with Gasteiger partial charge in [0.15, 0.2) is 0 Å². The van der Waals surface area contributed by atoms with Crippen molar-refractivity contribution in [2.24, 2.45) is 11.3 Å². The van der Waals surface area contributed by atoms with E-state index < -0.39 is 0 Å². The molecule has 1 aliphatic heterocycles. The fourth-order valence-corrected chi connectivity index (χ4v) is 2.09. The first-order valence-electron chi connectivity index (χ1n) is 5.84. The summed E-state index contributed by atoms with van der Waals surface area (Å²) in [4.78, 5) is 13.0. The van der Waals surface area contributed by atoms with Crippen LogP contribution in [0.2, 0.25) is 0 Å². The Hall–Kier alpha value is -0.730. The molecule has 1 heterocycles. The van der Waals surface area contributed by atoms with Gasteiger partial charge in [-0.2, -0.15) is 0 Å². The quantitative estimate of drug-likeness (QED) is 0.718. The van der Waals surface area contributed by atoms with Crippen LogP contribution in [0, 0.1) is 11.3 Å². The smallest absolute Gasteiger partial charge is 0.409 e. The molecule has 0 spiro atoms. The highest BCUT2D eigenvalue weighted by Crippen LogP contribution is 2.38. The highest BCUT2D eigenvalue weighted by molar-refractivity contribution is 5.68. The zero-order valence-corrected chi connectivity index (χ0v) is 10.4. The number of hydrogen-bond donors (Lipinski definition) is 0. The summed E-state index contributed by atoms with van der Waals surface area (Å²) in [5.41, 5.74) is 0.362. The number of carbonyl (C=O) groups is 1. The summed E-state index contributed by atoms with van der Waals surface area (Å²) in [6.07, 6.45) is 3.60. The monoisotopic (exact) mass is 213 g/mol. The van der Waals surface area contributed by atoms with Crippen molar-refractivity contribution in [3.8, 4) is 0 Å². The minimum atomic E-state index is -0.183. The molecular weight excluding hydrogens is 190 g/mol. The third-order valence-corrected chi connectivity index (χ3v) is 3.59. The largest absolute Gasteiger partial charge is 0.453 e. The number of amides is 1. The minimum absolute atomic E-state index is 0.183. The van der Waals surface area contributed by atoms with Crippen LogP contribution in [-0.2, 0) is 4.74 Å². The van der Waals surface area contributed by atoms with E-state index in [0.29, 0.717) is 11.3 Å². The zero-order chi connectivity index (χ0) is 11.5. The van der Waals surface area contributed by atoms with E-state index >= 15 is 0 Å². The van der Waals surface area contributed by atoms with Gasteiger partial charge in [-0.3, -0.25) is 0 Å². The molecule has 0 aromatic heterocycles. The molecular formula is C12H23NO2. The maximum absolute atomic E-state index is 11.2. The van der Waals surface area contributed by atoms with E-state index in [1.54, 1.807) is 4.90 Å². The molecule has 88 valence electrons. The van der Waals surface area contributed by atoms with E-state index in [1.165, 1.54) is 26.4 Å². The number of rotatable bonds is 4. The van der Waals surface area contributed by atoms with Gasteiger partial charge < -0.3 is 9.64 Å². The summed E-state index contributed by atoms with van der Waals surface area (Å²) in [5.74, 6) is 0.642. The van der Waals surface area contributed by atoms with Crippen molar-refractivity contribution in [1.82, 2.24) is 4.90 Å². The SMILES string of the molecule is CCCCC(C)(C)C1CN(C(=O)OC)C1. The highest BCUT2D eigenvalue weighted by atomic mass is 16.5. The second kappa shape index (κ2) is 4.86. The lowest BCUT2D eigenvalue weighted by molar-refractivity contribution is 0.0107. The fraction of sp³-hybridized carbons (Fsp3) is 0.917. The molecule has 15 heavy (non-hydrogen) atoms. The first kappa shape index (κ1) is 12.3. The van der Waals surface area contributed by atoms with Crippen LogP contribution >= 0.6 is 0 Å². The normalized spacial score (nSPS) is 17.5. The van der Waals surface area contributed by atoms with E-state index in [0.717, 1.165) is 13.1 Å². The van der Waals surface area contributed by atoms with Crippen molar-refractivity contribution in [3.63, 3.8) is 0 Å². The second-order valence-corrected chi connectivity index (χ2v) is 5.16. The van der Waals surface area contributed by atoms with Crippen LogP contribution in [0.5, 0.6) is 0 Å². The Morgan fingerprint density at radius 1 is 1.47 bits per heavy atom. The van der Waals surface area contributed by atoms with Gasteiger partial charge in [0.1, 0.15) is 0 Å². The van der Waals surface area contributed by atoms with E-state index in [1.807, 2.05) is 0 Å². The molecule has 1 amide bonds. The van der Waals surface area contributed by atoms with E-state index in [-0.39, 0.29) is 6.09 Å². The van der Waals surface area contributed by atoms with Crippen LogP contribution in [0.25, 0.3) is 0 Å². The third-order valence-electron chi connectivity index (χ3n) is 3.59. The van der Waals surface area contributed by atoms with Gasteiger partial charge in [0, 0.05) is 13.1 Å². The van der Waals surface area contributed by atoms with Crippen LogP contribution in [0.15, 0.2) is 0 Å². The summed E-state index contributed by atoms with van der Waals surface area (Å²) < 4.78 is 4.68. The van der Waals surface area contributed by atoms with Crippen molar-refractivity contribution in [2.45, 2.75) is 40.0 Å². The predicted octanol–water partition coefficient (Wildman–Crippen LogP) is 2.90. The van der Waals surface area contributed by atoms with Gasteiger partial charge in [0.25, 0.3) is 0 Å². The standard InChI is InChI=1S/C12H23NO2/c1-5-6-7-12(2,3)10-8-13(9-10)11(14)15-4/h10H,5-9H2,1-4H3. The van der Waals surface area contributed by atoms with E-state index in [2.05, 4.69) is 25.5 Å². The van der Waals surface area contributed by atoms with E-state index in [4.69, 9.17) is 0 Å². The maximum atomic E-state index is 11.2. The minimum Gasteiger partial charge on any atom is -0.453 e. The summed E-state index contributed by atoms with van der Waals surface area (Å²) in [5, 5.41) is 0. The molecule has 1 aliphatic rings. The summed E-state index contributed by atoms with van der Waals surface area (Å²) in [7, 11) is 1.44. The highest BCUT2D eigenvalue weighted by Gasteiger charge is 2.40. The lowest BCUT2D eigenvalue weighted by atomic mass is 9.71. The second-order valence-electron chi connectivity index (χ2n) is 5.16. The van der Waals surface area contributed by atoms with Crippen molar-refractivity contribution >= 4 is 6.09 Å². The maximum Gasteiger partial charge on any atom is 0.409 e. The lowest BCUT2D eigenvalue weighted by Crippen LogP contribution is -2.55. The third kappa shape index (κ3) is 2.86. The number of hydrogen-bond acceptors (Lipinski definition) is 2. The zero-order valence-electron chi connectivity index (χ0n) is 10.4. The van der Waals surface area contributed by atoms with Gasteiger partial charge >= 0.3 is 6.09 Å². The number of ether oxygens (including phenoxy) is 1. The topological polar surface area (TPSA) is 29.5 Å². The molecule has 0 unspecified atom stereocenters. The molecule has 1 saturated heterocycles.